The minimum absolute atomic E-state index is 0.0982. The lowest BCUT2D eigenvalue weighted by molar-refractivity contribution is -0.137. The lowest BCUT2D eigenvalue weighted by atomic mass is 10.1. The molecule has 3 aromatic rings. The Balaban J connectivity index is 1.73. The van der Waals surface area contributed by atoms with E-state index in [2.05, 4.69) is 16.6 Å². The molecule has 3 aromatic carbocycles. The lowest BCUT2D eigenvalue weighted by Crippen LogP contribution is -2.24. The number of carbonyl (C=O) groups excluding carboxylic acids is 1. The number of rotatable bonds is 9. The van der Waals surface area contributed by atoms with Crippen LogP contribution in [0.5, 0.6) is 0 Å². The molecule has 172 valence electrons. The number of benzene rings is 3. The van der Waals surface area contributed by atoms with Crippen LogP contribution >= 0.6 is 23.7 Å². The summed E-state index contributed by atoms with van der Waals surface area (Å²) >= 11 is 2.83. The van der Waals surface area contributed by atoms with Gasteiger partial charge in [-0.15, -0.1) is 11.8 Å². The van der Waals surface area contributed by atoms with E-state index < -0.39 is 17.6 Å². The van der Waals surface area contributed by atoms with Crippen molar-refractivity contribution in [1.82, 2.24) is 5.32 Å². The van der Waals surface area contributed by atoms with Gasteiger partial charge in [-0.25, -0.2) is 0 Å². The lowest BCUT2D eigenvalue weighted by Gasteiger charge is -2.15. The third-order valence-corrected chi connectivity index (χ3v) is 6.35. The van der Waals surface area contributed by atoms with Gasteiger partial charge in [0.05, 0.1) is 16.8 Å². The van der Waals surface area contributed by atoms with E-state index in [9.17, 15) is 18.0 Å². The molecular weight excluding hydrogens is 465 g/mol. The summed E-state index contributed by atoms with van der Waals surface area (Å²) in [7, 11) is 0. The van der Waals surface area contributed by atoms with E-state index in [1.165, 1.54) is 18.0 Å². The van der Waals surface area contributed by atoms with Crippen molar-refractivity contribution >= 4 is 35.3 Å². The molecule has 0 unspecified atom stereocenters. The fourth-order valence-electron chi connectivity index (χ4n) is 2.99. The Morgan fingerprint density at radius 3 is 2.27 bits per heavy atom. The predicted molar refractivity (Wildman–Crippen MR) is 131 cm³/mol. The van der Waals surface area contributed by atoms with Crippen LogP contribution in [0.3, 0.4) is 0 Å². The molecule has 33 heavy (non-hydrogen) atoms. The van der Waals surface area contributed by atoms with Crippen molar-refractivity contribution < 1.29 is 18.0 Å². The fourth-order valence-corrected chi connectivity index (χ4v) is 4.07. The average molecular weight is 489 g/mol. The van der Waals surface area contributed by atoms with Crippen molar-refractivity contribution in [2.24, 2.45) is 0 Å². The summed E-state index contributed by atoms with van der Waals surface area (Å²) in [5.41, 5.74) is 0.822. The molecule has 0 aliphatic heterocycles. The summed E-state index contributed by atoms with van der Waals surface area (Å²) in [5.74, 6) is -0.639. The van der Waals surface area contributed by atoms with Crippen LogP contribution in [-0.4, -0.2) is 12.2 Å². The van der Waals surface area contributed by atoms with Crippen molar-refractivity contribution in [3.63, 3.8) is 0 Å². The van der Waals surface area contributed by atoms with Crippen LogP contribution in [-0.2, 0) is 12.6 Å². The highest BCUT2D eigenvalue weighted by Crippen LogP contribution is 2.33. The fraction of sp³-hybridized carbons (Fsp3) is 0.160. The van der Waals surface area contributed by atoms with Gasteiger partial charge in [-0.1, -0.05) is 36.9 Å². The average Bonchev–Trinajstić information content (AvgIpc) is 2.81. The Bertz CT molecular complexity index is 1100. The Morgan fingerprint density at radius 2 is 1.64 bits per heavy atom. The summed E-state index contributed by atoms with van der Waals surface area (Å²) in [6.45, 7) is 3.86. The number of aryl methyl sites for hydroxylation is 1. The van der Waals surface area contributed by atoms with E-state index in [4.69, 9.17) is 0 Å². The van der Waals surface area contributed by atoms with Crippen molar-refractivity contribution in [1.29, 1.82) is 0 Å². The predicted octanol–water partition coefficient (Wildman–Crippen LogP) is 7.42. The zero-order valence-electron chi connectivity index (χ0n) is 17.9. The van der Waals surface area contributed by atoms with Gasteiger partial charge in [0.15, 0.2) is 0 Å². The van der Waals surface area contributed by atoms with Gasteiger partial charge in [-0.2, -0.15) is 13.2 Å². The minimum atomic E-state index is -4.56. The third-order valence-electron chi connectivity index (χ3n) is 4.78. The number of alkyl halides is 3. The number of allylic oxidation sites excluding steroid dienone is 1. The normalized spacial score (nSPS) is 11.2. The maximum atomic E-state index is 13.3. The van der Waals surface area contributed by atoms with Crippen molar-refractivity contribution in [3.05, 3.63) is 102 Å². The number of halogens is 3. The van der Waals surface area contributed by atoms with Crippen LogP contribution in [0.4, 0.5) is 18.9 Å². The largest absolute Gasteiger partial charge is 0.416 e. The molecule has 3 nitrogen and oxygen atoms in total. The van der Waals surface area contributed by atoms with Crippen LogP contribution in [0.25, 0.3) is 0 Å². The first kappa shape index (κ1) is 24.8. The highest BCUT2D eigenvalue weighted by molar-refractivity contribution is 8.00. The van der Waals surface area contributed by atoms with E-state index in [1.807, 2.05) is 60.9 Å². The highest BCUT2D eigenvalue weighted by Gasteiger charge is 2.32. The first-order valence-corrected chi connectivity index (χ1v) is 12.1. The van der Waals surface area contributed by atoms with Crippen LogP contribution < -0.4 is 10.0 Å². The number of anilines is 1. The molecule has 0 aromatic heterocycles. The molecule has 0 radical (unpaired) electrons. The van der Waals surface area contributed by atoms with Crippen LogP contribution in [0.1, 0.15) is 27.9 Å². The number of hydrogen-bond acceptors (Lipinski definition) is 4. The second kappa shape index (κ2) is 11.3. The Hall–Kier alpha value is -2.84. The second-order valence-electron chi connectivity index (χ2n) is 7.18. The molecule has 0 heterocycles. The zero-order chi connectivity index (χ0) is 23.8. The van der Waals surface area contributed by atoms with Gasteiger partial charge in [0, 0.05) is 15.5 Å². The number of carbonyl (C=O) groups is 1. The van der Waals surface area contributed by atoms with E-state index in [0.29, 0.717) is 18.5 Å². The number of hydrogen-bond donors (Lipinski definition) is 2. The van der Waals surface area contributed by atoms with Crippen LogP contribution in [0, 0.1) is 0 Å². The van der Waals surface area contributed by atoms with E-state index in [1.54, 1.807) is 11.8 Å². The summed E-state index contributed by atoms with van der Waals surface area (Å²) in [6, 6.07) is 20.5. The molecule has 0 atom stereocenters. The Kier molecular flexibility index (Phi) is 8.52. The molecule has 0 saturated carbocycles. The van der Waals surface area contributed by atoms with Gasteiger partial charge in [0.1, 0.15) is 0 Å². The molecule has 0 spiro atoms. The van der Waals surface area contributed by atoms with Gasteiger partial charge in [-0.05, 0) is 79.1 Å². The van der Waals surface area contributed by atoms with Crippen molar-refractivity contribution in [3.8, 4) is 0 Å². The summed E-state index contributed by atoms with van der Waals surface area (Å²) in [5, 5.41) is 2.65. The van der Waals surface area contributed by atoms with Gasteiger partial charge in [0.2, 0.25) is 0 Å². The first-order chi connectivity index (χ1) is 15.8. The number of nitrogens with one attached hydrogen (secondary N) is 2. The highest BCUT2D eigenvalue weighted by atomic mass is 32.2. The first-order valence-electron chi connectivity index (χ1n) is 10.1. The van der Waals surface area contributed by atoms with Gasteiger partial charge < -0.3 is 10.0 Å². The summed E-state index contributed by atoms with van der Waals surface area (Å²) in [6.07, 6.45) is -1.44. The van der Waals surface area contributed by atoms with E-state index in [-0.39, 0.29) is 11.3 Å². The Labute approximate surface area is 200 Å². The molecule has 0 bridgehead atoms. The maximum absolute atomic E-state index is 13.3. The van der Waals surface area contributed by atoms with Crippen molar-refractivity contribution in [2.75, 3.05) is 11.0 Å². The third kappa shape index (κ3) is 7.33. The SMILES string of the molecule is C=C(CCc1ccccc1)NC(=O)c1cc(C(F)(F)F)ccc1NSc1ccc(SC)cc1. The topological polar surface area (TPSA) is 41.1 Å². The maximum Gasteiger partial charge on any atom is 0.416 e. The molecular formula is C25H23F3N2OS2. The van der Waals surface area contributed by atoms with Gasteiger partial charge in [-0.3, -0.25) is 4.79 Å². The smallest absolute Gasteiger partial charge is 0.326 e. The van der Waals surface area contributed by atoms with Crippen LogP contribution in [0.15, 0.2) is 94.9 Å². The zero-order valence-corrected chi connectivity index (χ0v) is 19.5. The monoisotopic (exact) mass is 488 g/mol. The number of amides is 1. The second-order valence-corrected chi connectivity index (χ2v) is 8.94. The van der Waals surface area contributed by atoms with Gasteiger partial charge in [0.25, 0.3) is 5.91 Å². The molecule has 0 aliphatic rings. The molecule has 0 saturated heterocycles. The molecule has 0 aliphatic carbocycles. The summed E-state index contributed by atoms with van der Waals surface area (Å²) < 4.78 is 42.8. The Morgan fingerprint density at radius 1 is 0.970 bits per heavy atom. The van der Waals surface area contributed by atoms with Crippen LogP contribution in [0.2, 0.25) is 0 Å². The van der Waals surface area contributed by atoms with Gasteiger partial charge >= 0.3 is 6.18 Å². The molecule has 3 rings (SSSR count). The van der Waals surface area contributed by atoms with E-state index >= 15 is 0 Å². The minimum Gasteiger partial charge on any atom is -0.326 e. The van der Waals surface area contributed by atoms with Crippen molar-refractivity contribution in [2.45, 2.75) is 28.8 Å². The quantitative estimate of drug-likeness (QED) is 0.243. The molecule has 0 fully saturated rings. The molecule has 2 N–H and O–H groups in total. The molecule has 1 amide bonds. The van der Waals surface area contributed by atoms with E-state index in [0.717, 1.165) is 27.5 Å². The molecule has 8 heteroatoms. The summed E-state index contributed by atoms with van der Waals surface area (Å²) in [4.78, 5) is 14.8. The standard InChI is InChI=1S/C25H23F3N2OS2/c1-17(8-9-18-6-4-3-5-7-18)29-24(31)22-16-19(25(26,27)28)10-15-23(22)30-33-21-13-11-20(32-2)12-14-21/h3-7,10-16,30H,1,8-9H2,2H3,(H,29,31). The number of thioether (sulfide) groups is 1.